The number of nitrogens with one attached hydrogen (secondary N) is 1. The van der Waals surface area contributed by atoms with Gasteiger partial charge in [0.05, 0.1) is 17.1 Å². The first-order valence-corrected chi connectivity index (χ1v) is 5.86. The summed E-state index contributed by atoms with van der Waals surface area (Å²) < 4.78 is 26.0. The number of carbonyl (C=O) groups excluding carboxylic acids is 1. The number of nitrogen functional groups attached to an aromatic ring is 1. The normalized spacial score (nSPS) is 11.4. The highest BCUT2D eigenvalue weighted by Crippen LogP contribution is 2.24. The number of nitrogens with two attached hydrogens (primary N) is 1. The minimum absolute atomic E-state index is 0.112. The highest BCUT2D eigenvalue weighted by Gasteiger charge is 2.27. The van der Waals surface area contributed by atoms with Crippen molar-refractivity contribution in [2.24, 2.45) is 0 Å². The van der Waals surface area contributed by atoms with E-state index in [-0.39, 0.29) is 17.0 Å². The second-order valence-corrected chi connectivity index (χ2v) is 4.47. The van der Waals surface area contributed by atoms with Gasteiger partial charge >= 0.3 is 0 Å². The Labute approximate surface area is 109 Å². The number of halogens is 3. The minimum atomic E-state index is -2.92. The van der Waals surface area contributed by atoms with Crippen molar-refractivity contribution in [1.29, 1.82) is 0 Å². The summed E-state index contributed by atoms with van der Waals surface area (Å²) in [6.45, 7) is 2.33. The highest BCUT2D eigenvalue weighted by atomic mass is 35.5. The highest BCUT2D eigenvalue weighted by molar-refractivity contribution is 6.34. The van der Waals surface area contributed by atoms with Gasteiger partial charge in [0.1, 0.15) is 0 Å². The molecule has 0 radical (unpaired) electrons. The fraction of sp³-hybridized carbons (Fsp3) is 0.417. The van der Waals surface area contributed by atoms with Crippen LogP contribution in [0.3, 0.4) is 0 Å². The van der Waals surface area contributed by atoms with Crippen LogP contribution in [0.5, 0.6) is 0 Å². The number of benzene rings is 1. The van der Waals surface area contributed by atoms with Gasteiger partial charge in [-0.3, -0.25) is 4.79 Å². The van der Waals surface area contributed by atoms with Crippen LogP contribution in [0.4, 0.5) is 14.5 Å². The fourth-order valence-corrected chi connectivity index (χ4v) is 1.59. The topological polar surface area (TPSA) is 55.1 Å². The third kappa shape index (κ3) is 3.57. The molecule has 0 heterocycles. The average Bonchev–Trinajstić information content (AvgIpc) is 2.31. The molecule has 0 atom stereocenters. The summed E-state index contributed by atoms with van der Waals surface area (Å²) in [4.78, 5) is 11.7. The second-order valence-electron chi connectivity index (χ2n) is 4.09. The van der Waals surface area contributed by atoms with Gasteiger partial charge in [-0.1, -0.05) is 18.5 Å². The predicted molar refractivity (Wildman–Crippen MR) is 68.2 cm³/mol. The summed E-state index contributed by atoms with van der Waals surface area (Å²) in [7, 11) is 0. The first-order chi connectivity index (χ1) is 8.26. The molecule has 0 aliphatic carbocycles. The smallest absolute Gasteiger partial charge is 0.264 e. The van der Waals surface area contributed by atoms with Crippen molar-refractivity contribution in [2.75, 3.05) is 12.3 Å². The summed E-state index contributed by atoms with van der Waals surface area (Å²) in [5, 5.41) is 2.38. The maximum absolute atomic E-state index is 13.0. The Morgan fingerprint density at radius 2 is 2.11 bits per heavy atom. The quantitative estimate of drug-likeness (QED) is 0.831. The SMILES string of the molecule is CCC(F)(F)CNC(=O)c1cc(N)cc(C)c1Cl. The molecule has 0 aliphatic rings. The van der Waals surface area contributed by atoms with Gasteiger partial charge in [0.25, 0.3) is 11.8 Å². The molecular formula is C12H15ClF2N2O. The molecule has 0 spiro atoms. The van der Waals surface area contributed by atoms with Crippen molar-refractivity contribution < 1.29 is 13.6 Å². The molecule has 1 amide bonds. The Kier molecular flexibility index (Phi) is 4.51. The van der Waals surface area contributed by atoms with E-state index in [9.17, 15) is 13.6 Å². The Balaban J connectivity index is 2.85. The van der Waals surface area contributed by atoms with E-state index in [1.54, 1.807) is 13.0 Å². The van der Waals surface area contributed by atoms with Crippen LogP contribution >= 0.6 is 11.6 Å². The van der Waals surface area contributed by atoms with Crippen molar-refractivity contribution in [3.63, 3.8) is 0 Å². The molecule has 3 N–H and O–H groups in total. The molecule has 3 nitrogen and oxygen atoms in total. The standard InChI is InChI=1S/C12H15ClF2N2O/c1-3-12(14,15)6-17-11(18)9-5-8(16)4-7(2)10(9)13/h4-5H,3,6,16H2,1-2H3,(H,17,18). The van der Waals surface area contributed by atoms with Crippen molar-refractivity contribution in [3.8, 4) is 0 Å². The number of carbonyl (C=O) groups is 1. The number of aryl methyl sites for hydroxylation is 1. The molecule has 0 saturated heterocycles. The molecule has 1 rings (SSSR count). The molecule has 100 valence electrons. The fourth-order valence-electron chi connectivity index (χ4n) is 1.39. The molecular weight excluding hydrogens is 262 g/mol. The molecule has 0 aromatic heterocycles. The predicted octanol–water partition coefficient (Wildman–Crippen LogP) is 3.01. The van der Waals surface area contributed by atoms with Crippen molar-refractivity contribution in [2.45, 2.75) is 26.2 Å². The van der Waals surface area contributed by atoms with Crippen LogP contribution in [0.2, 0.25) is 5.02 Å². The summed E-state index contributed by atoms with van der Waals surface area (Å²) in [6, 6.07) is 2.98. The molecule has 0 aliphatic heterocycles. The maximum Gasteiger partial charge on any atom is 0.264 e. The van der Waals surface area contributed by atoms with Crippen LogP contribution in [0.15, 0.2) is 12.1 Å². The van der Waals surface area contributed by atoms with E-state index in [1.807, 2.05) is 0 Å². The number of alkyl halides is 2. The number of rotatable bonds is 4. The van der Waals surface area contributed by atoms with Crippen LogP contribution < -0.4 is 11.1 Å². The van der Waals surface area contributed by atoms with E-state index >= 15 is 0 Å². The van der Waals surface area contributed by atoms with Crippen molar-refractivity contribution >= 4 is 23.2 Å². The minimum Gasteiger partial charge on any atom is -0.399 e. The third-order valence-corrected chi connectivity index (χ3v) is 3.05. The van der Waals surface area contributed by atoms with Crippen LogP contribution in [0.25, 0.3) is 0 Å². The molecule has 18 heavy (non-hydrogen) atoms. The molecule has 6 heteroatoms. The summed E-state index contributed by atoms with van der Waals surface area (Å²) >= 11 is 5.94. The summed E-state index contributed by atoms with van der Waals surface area (Å²) in [6.07, 6.45) is -0.336. The van der Waals surface area contributed by atoms with Gasteiger partial charge in [-0.15, -0.1) is 0 Å². The lowest BCUT2D eigenvalue weighted by atomic mass is 10.1. The van der Waals surface area contributed by atoms with E-state index < -0.39 is 18.4 Å². The largest absolute Gasteiger partial charge is 0.399 e. The van der Waals surface area contributed by atoms with E-state index in [1.165, 1.54) is 13.0 Å². The van der Waals surface area contributed by atoms with Crippen molar-refractivity contribution in [3.05, 3.63) is 28.3 Å². The molecule has 1 aromatic carbocycles. The molecule has 0 saturated carbocycles. The Morgan fingerprint density at radius 1 is 1.50 bits per heavy atom. The van der Waals surface area contributed by atoms with Gasteiger partial charge in [-0.25, -0.2) is 8.78 Å². The zero-order valence-electron chi connectivity index (χ0n) is 10.2. The van der Waals surface area contributed by atoms with Crippen LogP contribution in [-0.2, 0) is 0 Å². The summed E-state index contributed by atoms with van der Waals surface area (Å²) in [5.41, 5.74) is 6.69. The van der Waals surface area contributed by atoms with Crippen LogP contribution in [0, 0.1) is 6.92 Å². The van der Waals surface area contributed by atoms with Gasteiger partial charge in [0.15, 0.2) is 0 Å². The van der Waals surface area contributed by atoms with Gasteiger partial charge in [0, 0.05) is 12.1 Å². The zero-order valence-corrected chi connectivity index (χ0v) is 10.9. The average molecular weight is 277 g/mol. The van der Waals surface area contributed by atoms with E-state index in [0.29, 0.717) is 11.3 Å². The Hall–Kier alpha value is -1.36. The first-order valence-electron chi connectivity index (χ1n) is 5.48. The van der Waals surface area contributed by atoms with Gasteiger partial charge < -0.3 is 11.1 Å². The number of anilines is 1. The number of hydrogen-bond acceptors (Lipinski definition) is 2. The Morgan fingerprint density at radius 3 is 2.67 bits per heavy atom. The number of hydrogen-bond donors (Lipinski definition) is 2. The van der Waals surface area contributed by atoms with Gasteiger partial charge in [0.2, 0.25) is 0 Å². The Bertz CT molecular complexity index is 464. The maximum atomic E-state index is 13.0. The first kappa shape index (κ1) is 14.7. The van der Waals surface area contributed by atoms with Gasteiger partial charge in [-0.05, 0) is 24.6 Å². The molecule has 0 unspecified atom stereocenters. The monoisotopic (exact) mass is 276 g/mol. The number of amides is 1. The van der Waals surface area contributed by atoms with E-state index in [4.69, 9.17) is 17.3 Å². The van der Waals surface area contributed by atoms with Crippen LogP contribution in [-0.4, -0.2) is 18.4 Å². The second kappa shape index (κ2) is 5.52. The lowest BCUT2D eigenvalue weighted by Crippen LogP contribution is -2.36. The summed E-state index contributed by atoms with van der Waals surface area (Å²) in [5.74, 6) is -3.57. The lowest BCUT2D eigenvalue weighted by Gasteiger charge is -2.15. The zero-order chi connectivity index (χ0) is 13.9. The van der Waals surface area contributed by atoms with Gasteiger partial charge in [-0.2, -0.15) is 0 Å². The van der Waals surface area contributed by atoms with E-state index in [2.05, 4.69) is 5.32 Å². The lowest BCUT2D eigenvalue weighted by molar-refractivity contribution is -0.00101. The van der Waals surface area contributed by atoms with Crippen LogP contribution in [0.1, 0.15) is 29.3 Å². The molecule has 0 bridgehead atoms. The molecule has 0 fully saturated rings. The van der Waals surface area contributed by atoms with Crippen molar-refractivity contribution in [1.82, 2.24) is 5.32 Å². The third-order valence-electron chi connectivity index (χ3n) is 2.55. The molecule has 1 aromatic rings. The van der Waals surface area contributed by atoms with E-state index in [0.717, 1.165) is 0 Å².